The number of thiophene rings is 1. The predicted octanol–water partition coefficient (Wildman–Crippen LogP) is 2.23. The summed E-state index contributed by atoms with van der Waals surface area (Å²) in [4.78, 5) is 13.4. The molecule has 0 aliphatic heterocycles. The molecule has 3 rings (SSSR count). The van der Waals surface area contributed by atoms with E-state index in [9.17, 15) is 10.1 Å². The van der Waals surface area contributed by atoms with Crippen molar-refractivity contribution in [3.63, 3.8) is 0 Å². The number of hydrogen-bond donors (Lipinski definition) is 2. The Bertz CT molecular complexity index is 785. The number of carbonyl (C=O) groups excluding carboxylic acids is 1. The van der Waals surface area contributed by atoms with Crippen molar-refractivity contribution >= 4 is 22.2 Å². The van der Waals surface area contributed by atoms with Crippen molar-refractivity contribution in [2.75, 3.05) is 11.9 Å². The van der Waals surface area contributed by atoms with Crippen LogP contribution in [0.4, 0.5) is 5.00 Å². The van der Waals surface area contributed by atoms with Gasteiger partial charge in [-0.3, -0.25) is 9.48 Å². The van der Waals surface area contributed by atoms with E-state index in [0.717, 1.165) is 30.4 Å². The molecule has 1 aliphatic carbocycles. The third-order valence-corrected chi connectivity index (χ3v) is 5.33. The number of carbonyl (C=O) groups is 1. The van der Waals surface area contributed by atoms with Crippen LogP contribution >= 0.6 is 11.3 Å². The zero-order valence-corrected chi connectivity index (χ0v) is 14.7. The van der Waals surface area contributed by atoms with Gasteiger partial charge in [-0.05, 0) is 44.2 Å². The minimum absolute atomic E-state index is 0.116. The monoisotopic (exact) mass is 343 g/mol. The molecule has 0 saturated carbocycles. The number of nitriles is 1. The lowest BCUT2D eigenvalue weighted by Gasteiger charge is -2.13. The summed E-state index contributed by atoms with van der Waals surface area (Å²) in [7, 11) is 0. The molecule has 1 atom stereocenters. The van der Waals surface area contributed by atoms with Crippen LogP contribution in [0.5, 0.6) is 0 Å². The van der Waals surface area contributed by atoms with E-state index in [4.69, 9.17) is 0 Å². The van der Waals surface area contributed by atoms with Gasteiger partial charge in [0.1, 0.15) is 11.1 Å². The number of nitrogens with zero attached hydrogens (tertiary/aromatic N) is 3. The molecule has 6 nitrogen and oxygen atoms in total. The Balaban J connectivity index is 1.52. The van der Waals surface area contributed by atoms with Crippen LogP contribution in [0.25, 0.3) is 0 Å². The first-order valence-electron chi connectivity index (χ1n) is 8.13. The van der Waals surface area contributed by atoms with Gasteiger partial charge in [-0.25, -0.2) is 0 Å². The largest absolute Gasteiger partial charge is 0.315 e. The van der Waals surface area contributed by atoms with Gasteiger partial charge in [-0.15, -0.1) is 11.3 Å². The maximum absolute atomic E-state index is 12.2. The van der Waals surface area contributed by atoms with Crippen molar-refractivity contribution in [3.8, 4) is 6.07 Å². The molecule has 1 amide bonds. The highest BCUT2D eigenvalue weighted by Gasteiger charge is 2.23. The van der Waals surface area contributed by atoms with Gasteiger partial charge in [0.15, 0.2) is 0 Å². The van der Waals surface area contributed by atoms with E-state index >= 15 is 0 Å². The fourth-order valence-corrected chi connectivity index (χ4v) is 4.22. The Labute approximate surface area is 145 Å². The van der Waals surface area contributed by atoms with Crippen molar-refractivity contribution in [3.05, 3.63) is 34.0 Å². The van der Waals surface area contributed by atoms with Gasteiger partial charge in [-0.1, -0.05) is 0 Å². The second-order valence-corrected chi connectivity index (χ2v) is 7.35. The molecule has 2 heterocycles. The fourth-order valence-electron chi connectivity index (χ4n) is 2.96. The molecule has 0 bridgehead atoms. The van der Waals surface area contributed by atoms with E-state index in [0.29, 0.717) is 17.1 Å². The van der Waals surface area contributed by atoms with Gasteiger partial charge in [-0.2, -0.15) is 10.4 Å². The van der Waals surface area contributed by atoms with E-state index < -0.39 is 0 Å². The Hall–Kier alpha value is -2.17. The van der Waals surface area contributed by atoms with Crippen molar-refractivity contribution < 1.29 is 4.79 Å². The highest BCUT2D eigenvalue weighted by Crippen LogP contribution is 2.38. The van der Waals surface area contributed by atoms with E-state index in [1.807, 2.05) is 30.9 Å². The molecule has 0 spiro atoms. The first-order valence-corrected chi connectivity index (χ1v) is 8.95. The van der Waals surface area contributed by atoms with Crippen LogP contribution in [0.3, 0.4) is 0 Å². The van der Waals surface area contributed by atoms with E-state index in [1.54, 1.807) is 11.3 Å². The molecule has 126 valence electrons. The Morgan fingerprint density at radius 3 is 3.08 bits per heavy atom. The molecule has 0 radical (unpaired) electrons. The number of aryl methyl sites for hydroxylation is 2. The summed E-state index contributed by atoms with van der Waals surface area (Å²) in [6, 6.07) is 2.37. The highest BCUT2D eigenvalue weighted by molar-refractivity contribution is 7.16. The quantitative estimate of drug-likeness (QED) is 0.842. The molecule has 2 aromatic heterocycles. The third-order valence-electron chi connectivity index (χ3n) is 4.12. The average molecular weight is 343 g/mol. The number of amides is 1. The number of fused-ring (bicyclic) bond motifs is 1. The predicted molar refractivity (Wildman–Crippen MR) is 94.1 cm³/mol. The molecule has 7 heteroatoms. The second-order valence-electron chi connectivity index (χ2n) is 6.24. The Kier molecular flexibility index (Phi) is 4.97. The molecule has 0 aromatic carbocycles. The maximum Gasteiger partial charge on any atom is 0.238 e. The third kappa shape index (κ3) is 3.66. The summed E-state index contributed by atoms with van der Waals surface area (Å²) in [6.45, 7) is 4.94. The van der Waals surface area contributed by atoms with Gasteiger partial charge in [0, 0.05) is 17.1 Å². The van der Waals surface area contributed by atoms with Crippen LogP contribution in [-0.2, 0) is 24.2 Å². The van der Waals surface area contributed by atoms with Gasteiger partial charge in [0.2, 0.25) is 5.91 Å². The summed E-state index contributed by atoms with van der Waals surface area (Å²) in [6.07, 6.45) is 6.87. The molecule has 2 N–H and O–H groups in total. The van der Waals surface area contributed by atoms with Gasteiger partial charge < -0.3 is 10.6 Å². The van der Waals surface area contributed by atoms with Crippen molar-refractivity contribution in [1.82, 2.24) is 15.1 Å². The molecule has 24 heavy (non-hydrogen) atoms. The van der Waals surface area contributed by atoms with Crippen molar-refractivity contribution in [2.45, 2.75) is 45.7 Å². The number of aromatic nitrogens is 2. The van der Waals surface area contributed by atoms with Gasteiger partial charge >= 0.3 is 0 Å². The molecule has 2 aromatic rings. The topological polar surface area (TPSA) is 82.7 Å². The summed E-state index contributed by atoms with van der Waals surface area (Å²) in [5, 5.41) is 20.4. The van der Waals surface area contributed by atoms with Crippen molar-refractivity contribution in [1.29, 1.82) is 5.26 Å². The molecule has 0 fully saturated rings. The Morgan fingerprint density at radius 1 is 1.54 bits per heavy atom. The maximum atomic E-state index is 12.2. The smallest absolute Gasteiger partial charge is 0.238 e. The fraction of sp³-hybridized carbons (Fsp3) is 0.471. The highest BCUT2D eigenvalue weighted by atomic mass is 32.1. The van der Waals surface area contributed by atoms with E-state index in [2.05, 4.69) is 21.8 Å². The first-order chi connectivity index (χ1) is 11.6. The number of hydrogen-bond acceptors (Lipinski definition) is 5. The number of rotatable bonds is 6. The van der Waals surface area contributed by atoms with E-state index in [1.165, 1.54) is 4.88 Å². The zero-order valence-electron chi connectivity index (χ0n) is 13.9. The minimum atomic E-state index is -0.116. The standard InChI is InChI=1S/C17H21N5OS/c1-11-7-20-22(9-11)10-12(2)19-8-16(23)21-17-14(6-18)13-4-3-5-15(13)24-17/h7,9,12,19H,3-5,8,10H2,1-2H3,(H,21,23)/t12-/m1/s1. The SMILES string of the molecule is Cc1cnn(C[C@@H](C)NCC(=O)Nc2sc3c(c2C#N)CCC3)c1. The van der Waals surface area contributed by atoms with Gasteiger partial charge in [0.05, 0.1) is 24.8 Å². The first kappa shape index (κ1) is 16.7. The number of nitrogens with one attached hydrogen (secondary N) is 2. The second kappa shape index (κ2) is 7.16. The van der Waals surface area contributed by atoms with Crippen LogP contribution < -0.4 is 10.6 Å². The lowest BCUT2D eigenvalue weighted by Crippen LogP contribution is -2.36. The Morgan fingerprint density at radius 2 is 2.38 bits per heavy atom. The van der Waals surface area contributed by atoms with Crippen LogP contribution in [0.1, 0.15) is 34.9 Å². The molecular weight excluding hydrogens is 322 g/mol. The summed E-state index contributed by atoms with van der Waals surface area (Å²) in [5.41, 5.74) is 2.91. The molecular formula is C17H21N5OS. The summed E-state index contributed by atoms with van der Waals surface area (Å²) in [5.74, 6) is -0.116. The lowest BCUT2D eigenvalue weighted by atomic mass is 10.1. The molecule has 0 saturated heterocycles. The van der Waals surface area contributed by atoms with Crippen LogP contribution in [0.15, 0.2) is 12.4 Å². The van der Waals surface area contributed by atoms with Crippen molar-refractivity contribution in [2.24, 2.45) is 0 Å². The molecule has 1 aliphatic rings. The summed E-state index contributed by atoms with van der Waals surface area (Å²) >= 11 is 1.54. The minimum Gasteiger partial charge on any atom is -0.315 e. The molecule has 0 unspecified atom stereocenters. The van der Waals surface area contributed by atoms with Crippen LogP contribution in [-0.4, -0.2) is 28.3 Å². The zero-order chi connectivity index (χ0) is 17.1. The average Bonchev–Trinajstić information content (AvgIpc) is 3.21. The normalized spacial score (nSPS) is 14.2. The summed E-state index contributed by atoms with van der Waals surface area (Å²) < 4.78 is 1.86. The van der Waals surface area contributed by atoms with Crippen LogP contribution in [0.2, 0.25) is 0 Å². The van der Waals surface area contributed by atoms with E-state index in [-0.39, 0.29) is 18.5 Å². The lowest BCUT2D eigenvalue weighted by molar-refractivity contribution is -0.115. The van der Waals surface area contributed by atoms with Crippen LogP contribution in [0, 0.1) is 18.3 Å². The van der Waals surface area contributed by atoms with Gasteiger partial charge in [0.25, 0.3) is 0 Å². The number of anilines is 1.